The Kier molecular flexibility index (Phi) is 6.02. The second kappa shape index (κ2) is 8.21. The van der Waals surface area contributed by atoms with Crippen molar-refractivity contribution >= 4 is 9.84 Å². The number of aromatic nitrogens is 2. The molecule has 3 rings (SSSR count). The van der Waals surface area contributed by atoms with Crippen LogP contribution < -0.4 is 0 Å². The summed E-state index contributed by atoms with van der Waals surface area (Å²) in [6, 6.07) is 13.9. The molecule has 1 N–H and O–H groups in total. The average molecular weight is 440 g/mol. The zero-order valence-electron chi connectivity index (χ0n) is 16.1. The zero-order valence-corrected chi connectivity index (χ0v) is 16.9. The predicted molar refractivity (Wildman–Crippen MR) is 104 cm³/mol. The number of sulfone groups is 1. The van der Waals surface area contributed by atoms with Gasteiger partial charge in [0.2, 0.25) is 0 Å². The molecule has 1 heterocycles. The van der Waals surface area contributed by atoms with Crippen LogP contribution in [0.4, 0.5) is 13.2 Å². The van der Waals surface area contributed by atoms with Crippen LogP contribution in [0.25, 0.3) is 22.4 Å². The van der Waals surface area contributed by atoms with Gasteiger partial charge < -0.3 is 9.84 Å². The van der Waals surface area contributed by atoms with Crippen molar-refractivity contribution in [2.75, 3.05) is 13.4 Å². The van der Waals surface area contributed by atoms with E-state index < -0.39 is 28.0 Å². The van der Waals surface area contributed by atoms with E-state index in [1.165, 1.54) is 19.2 Å². The lowest BCUT2D eigenvalue weighted by Gasteiger charge is -2.12. The first kappa shape index (κ1) is 22.0. The monoisotopic (exact) mass is 440 g/mol. The Morgan fingerprint density at radius 2 is 1.70 bits per heavy atom. The van der Waals surface area contributed by atoms with Gasteiger partial charge in [0.1, 0.15) is 0 Å². The highest BCUT2D eigenvalue weighted by Crippen LogP contribution is 2.33. The molecule has 0 aliphatic rings. The lowest BCUT2D eigenvalue weighted by molar-refractivity contribution is -0.142. The number of hydrogen-bond donors (Lipinski definition) is 1. The van der Waals surface area contributed by atoms with Crippen molar-refractivity contribution in [2.45, 2.75) is 23.9 Å². The minimum Gasteiger partial charge on any atom is -0.366 e. The fourth-order valence-corrected chi connectivity index (χ4v) is 3.56. The molecule has 160 valence electrons. The van der Waals surface area contributed by atoms with Crippen LogP contribution in [0.5, 0.6) is 0 Å². The highest BCUT2D eigenvalue weighted by atomic mass is 32.2. The molecule has 0 amide bonds. The molecule has 0 saturated heterocycles. The molecule has 10 heteroatoms. The molecule has 2 aromatic carbocycles. The number of methoxy groups -OCH3 is 1. The Morgan fingerprint density at radius 3 is 2.27 bits per heavy atom. The van der Waals surface area contributed by atoms with Crippen LogP contribution in [0, 0.1) is 0 Å². The molecule has 0 bridgehead atoms. The first-order valence-corrected chi connectivity index (χ1v) is 10.6. The van der Waals surface area contributed by atoms with Gasteiger partial charge in [0, 0.05) is 13.4 Å². The van der Waals surface area contributed by atoms with Crippen LogP contribution in [0.15, 0.2) is 59.5 Å². The Balaban J connectivity index is 1.99. The van der Waals surface area contributed by atoms with E-state index in [-0.39, 0.29) is 17.1 Å². The van der Waals surface area contributed by atoms with Crippen molar-refractivity contribution in [3.05, 3.63) is 60.3 Å². The molecule has 0 spiro atoms. The quantitative estimate of drug-likeness (QED) is 0.593. The Bertz CT molecular complexity index is 1140. The van der Waals surface area contributed by atoms with Gasteiger partial charge in [-0.15, -0.1) is 0 Å². The number of rotatable bonds is 6. The van der Waals surface area contributed by atoms with Gasteiger partial charge in [0.25, 0.3) is 0 Å². The molecule has 6 nitrogen and oxygen atoms in total. The maximum absolute atomic E-state index is 13.1. The minimum atomic E-state index is -4.63. The standard InChI is InChI=1S/C20H19F3N2O4S/c1-29-19(26)12-25-17(11-18(24-25)20(21,22)23)14-8-6-13(7-9-14)15-4-3-5-16(10-15)30(2,27)28/h3-11,19,26H,12H2,1-2H3. The van der Waals surface area contributed by atoms with Crippen molar-refractivity contribution in [1.82, 2.24) is 9.78 Å². The molecule has 0 radical (unpaired) electrons. The highest BCUT2D eigenvalue weighted by Gasteiger charge is 2.35. The fraction of sp³-hybridized carbons (Fsp3) is 0.250. The SMILES string of the molecule is COC(O)Cn1nc(C(F)(F)F)cc1-c1ccc(-c2cccc(S(C)(=O)=O)c2)cc1. The largest absolute Gasteiger partial charge is 0.435 e. The van der Waals surface area contributed by atoms with Crippen LogP contribution in [-0.2, 0) is 27.3 Å². The molecule has 1 unspecified atom stereocenters. The lowest BCUT2D eigenvalue weighted by Crippen LogP contribution is -2.20. The van der Waals surface area contributed by atoms with Crippen LogP contribution in [0.2, 0.25) is 0 Å². The summed E-state index contributed by atoms with van der Waals surface area (Å²) in [6.07, 6.45) is -4.84. The number of ether oxygens (including phenoxy) is 1. The van der Waals surface area contributed by atoms with Crippen LogP contribution >= 0.6 is 0 Å². The fourth-order valence-electron chi connectivity index (χ4n) is 2.89. The van der Waals surface area contributed by atoms with E-state index in [0.717, 1.165) is 17.0 Å². The minimum absolute atomic E-state index is 0.162. The summed E-state index contributed by atoms with van der Waals surface area (Å²) in [5, 5.41) is 13.2. The number of nitrogens with zero attached hydrogens (tertiary/aromatic N) is 2. The highest BCUT2D eigenvalue weighted by molar-refractivity contribution is 7.90. The summed E-state index contributed by atoms with van der Waals surface area (Å²) in [7, 11) is -2.14. The second-order valence-electron chi connectivity index (χ2n) is 6.66. The first-order chi connectivity index (χ1) is 14.0. The first-order valence-electron chi connectivity index (χ1n) is 8.76. The summed E-state index contributed by atoms with van der Waals surface area (Å²) < 4.78 is 68.6. The summed E-state index contributed by atoms with van der Waals surface area (Å²) in [5.74, 6) is 0. The maximum Gasteiger partial charge on any atom is 0.435 e. The number of aliphatic hydroxyl groups is 1. The normalized spacial score (nSPS) is 13.4. The van der Waals surface area contributed by atoms with E-state index >= 15 is 0 Å². The number of aliphatic hydroxyl groups excluding tert-OH is 1. The maximum atomic E-state index is 13.1. The van der Waals surface area contributed by atoms with Crippen LogP contribution in [-0.4, -0.2) is 43.0 Å². The number of halogens is 3. The average Bonchev–Trinajstić information content (AvgIpc) is 3.11. The molecule has 1 aromatic heterocycles. The van der Waals surface area contributed by atoms with Crippen molar-refractivity contribution < 1.29 is 31.4 Å². The van der Waals surface area contributed by atoms with Gasteiger partial charge in [0.05, 0.1) is 17.1 Å². The van der Waals surface area contributed by atoms with Gasteiger partial charge in [-0.3, -0.25) is 4.68 Å². The van der Waals surface area contributed by atoms with E-state index in [9.17, 15) is 26.7 Å². The van der Waals surface area contributed by atoms with Crippen LogP contribution in [0.1, 0.15) is 5.69 Å². The van der Waals surface area contributed by atoms with E-state index in [2.05, 4.69) is 5.10 Å². The molecule has 3 aromatic rings. The van der Waals surface area contributed by atoms with Crippen molar-refractivity contribution in [3.63, 3.8) is 0 Å². The third-order valence-electron chi connectivity index (χ3n) is 4.45. The number of alkyl halides is 3. The summed E-state index contributed by atoms with van der Waals surface area (Å²) in [5.41, 5.74) is 0.886. The van der Waals surface area contributed by atoms with Crippen molar-refractivity contribution in [2.24, 2.45) is 0 Å². The third kappa shape index (κ3) is 4.89. The Morgan fingerprint density at radius 1 is 1.07 bits per heavy atom. The smallest absolute Gasteiger partial charge is 0.366 e. The van der Waals surface area contributed by atoms with Gasteiger partial charge in [-0.1, -0.05) is 36.4 Å². The van der Waals surface area contributed by atoms with Gasteiger partial charge in [-0.2, -0.15) is 18.3 Å². The second-order valence-corrected chi connectivity index (χ2v) is 8.68. The van der Waals surface area contributed by atoms with E-state index in [4.69, 9.17) is 4.74 Å². The zero-order chi connectivity index (χ0) is 22.1. The number of hydrogen-bond acceptors (Lipinski definition) is 5. The Hall–Kier alpha value is -2.69. The molecule has 0 saturated carbocycles. The van der Waals surface area contributed by atoms with Gasteiger partial charge in [-0.05, 0) is 34.9 Å². The van der Waals surface area contributed by atoms with Gasteiger partial charge in [0.15, 0.2) is 21.8 Å². The van der Waals surface area contributed by atoms with Crippen molar-refractivity contribution in [3.8, 4) is 22.4 Å². The molecule has 0 aliphatic heterocycles. The lowest BCUT2D eigenvalue weighted by atomic mass is 10.0. The molecular weight excluding hydrogens is 421 g/mol. The summed E-state index contributed by atoms with van der Waals surface area (Å²) in [6.45, 7) is -0.278. The van der Waals surface area contributed by atoms with Crippen LogP contribution in [0.3, 0.4) is 0 Å². The molecule has 1 atom stereocenters. The molecular formula is C20H19F3N2O4S. The van der Waals surface area contributed by atoms with Gasteiger partial charge in [-0.25, -0.2) is 8.42 Å². The van der Waals surface area contributed by atoms with Gasteiger partial charge >= 0.3 is 6.18 Å². The topological polar surface area (TPSA) is 81.4 Å². The third-order valence-corrected chi connectivity index (χ3v) is 5.56. The summed E-state index contributed by atoms with van der Waals surface area (Å²) in [4.78, 5) is 0.172. The van der Waals surface area contributed by atoms with E-state index in [1.54, 1.807) is 36.4 Å². The predicted octanol–water partition coefficient (Wildman–Crippen LogP) is 3.60. The Labute approximate surface area is 171 Å². The molecule has 30 heavy (non-hydrogen) atoms. The van der Waals surface area contributed by atoms with E-state index in [1.807, 2.05) is 0 Å². The van der Waals surface area contributed by atoms with Crippen molar-refractivity contribution in [1.29, 1.82) is 0 Å². The molecule has 0 aliphatic carbocycles. The van der Waals surface area contributed by atoms with E-state index in [0.29, 0.717) is 16.7 Å². The number of benzene rings is 2. The summed E-state index contributed by atoms with van der Waals surface area (Å²) >= 11 is 0. The molecule has 0 fully saturated rings.